The highest BCUT2D eigenvalue weighted by molar-refractivity contribution is 8.00. The molecule has 1 aliphatic carbocycles. The average Bonchev–Trinajstić information content (AvgIpc) is 2.82. The van der Waals surface area contributed by atoms with Crippen LogP contribution in [0.1, 0.15) is 47.0 Å². The Bertz CT molecular complexity index is 347. The summed E-state index contributed by atoms with van der Waals surface area (Å²) >= 11 is 1.69. The van der Waals surface area contributed by atoms with Crippen molar-refractivity contribution < 1.29 is 19.0 Å². The van der Waals surface area contributed by atoms with Crippen LogP contribution in [0.3, 0.4) is 0 Å². The van der Waals surface area contributed by atoms with E-state index in [1.165, 1.54) is 6.42 Å². The number of rotatable bonds is 4. The second-order valence-electron chi connectivity index (χ2n) is 6.75. The highest BCUT2D eigenvalue weighted by atomic mass is 32.2. The van der Waals surface area contributed by atoms with Gasteiger partial charge < -0.3 is 14.2 Å². The molecule has 3 unspecified atom stereocenters. The van der Waals surface area contributed by atoms with Crippen molar-refractivity contribution in [2.24, 2.45) is 17.8 Å². The van der Waals surface area contributed by atoms with Crippen LogP contribution in [0.25, 0.3) is 0 Å². The number of carbonyl (C=O) groups is 1. The molecule has 0 radical (unpaired) electrons. The fourth-order valence-corrected chi connectivity index (χ4v) is 4.21. The van der Waals surface area contributed by atoms with Gasteiger partial charge in [-0.25, -0.2) is 4.79 Å². The largest absolute Gasteiger partial charge is 0.508 e. The SMILES string of the molecule is CC1CC[C@@H](C(C)C)C(OC(=O)OC[C@@H]2OC(C)CS2)C1. The van der Waals surface area contributed by atoms with Crippen molar-refractivity contribution in [1.82, 2.24) is 0 Å². The molecule has 1 aliphatic heterocycles. The van der Waals surface area contributed by atoms with E-state index in [1.54, 1.807) is 11.8 Å². The lowest BCUT2D eigenvalue weighted by molar-refractivity contribution is -0.0437. The molecule has 1 saturated carbocycles. The topological polar surface area (TPSA) is 44.8 Å². The number of hydrogen-bond acceptors (Lipinski definition) is 5. The third-order valence-electron chi connectivity index (χ3n) is 4.45. The molecular formula is C16H28O4S. The van der Waals surface area contributed by atoms with Crippen LogP contribution in [-0.4, -0.2) is 36.2 Å². The van der Waals surface area contributed by atoms with Crippen molar-refractivity contribution in [3.05, 3.63) is 0 Å². The summed E-state index contributed by atoms with van der Waals surface area (Å²) in [4.78, 5) is 11.9. The van der Waals surface area contributed by atoms with E-state index < -0.39 is 6.16 Å². The lowest BCUT2D eigenvalue weighted by atomic mass is 9.75. The molecule has 0 aromatic rings. The van der Waals surface area contributed by atoms with Gasteiger partial charge in [0.15, 0.2) is 0 Å². The van der Waals surface area contributed by atoms with Gasteiger partial charge in [-0.1, -0.05) is 27.2 Å². The van der Waals surface area contributed by atoms with E-state index in [1.807, 2.05) is 6.92 Å². The highest BCUT2D eigenvalue weighted by Crippen LogP contribution is 2.35. The smallest absolute Gasteiger partial charge is 0.431 e. The summed E-state index contributed by atoms with van der Waals surface area (Å²) in [7, 11) is 0. The van der Waals surface area contributed by atoms with Gasteiger partial charge in [-0.2, -0.15) is 0 Å². The molecule has 0 N–H and O–H groups in total. The first-order valence-corrected chi connectivity index (χ1v) is 9.11. The van der Waals surface area contributed by atoms with Crippen molar-refractivity contribution in [3.8, 4) is 0 Å². The summed E-state index contributed by atoms with van der Waals surface area (Å²) in [6, 6.07) is 0. The zero-order valence-corrected chi connectivity index (χ0v) is 14.4. The lowest BCUT2D eigenvalue weighted by Crippen LogP contribution is -2.36. The third kappa shape index (κ3) is 5.06. The summed E-state index contributed by atoms with van der Waals surface area (Å²) in [5.74, 6) is 2.56. The first kappa shape index (κ1) is 16.9. The Morgan fingerprint density at radius 3 is 2.71 bits per heavy atom. The maximum absolute atomic E-state index is 11.9. The molecule has 2 rings (SSSR count). The van der Waals surface area contributed by atoms with Gasteiger partial charge in [0.25, 0.3) is 0 Å². The molecule has 0 aromatic heterocycles. The van der Waals surface area contributed by atoms with Crippen molar-refractivity contribution in [3.63, 3.8) is 0 Å². The summed E-state index contributed by atoms with van der Waals surface area (Å²) in [6.07, 6.45) is 3.01. The molecule has 0 amide bonds. The van der Waals surface area contributed by atoms with Crippen molar-refractivity contribution in [1.29, 1.82) is 0 Å². The summed E-state index contributed by atoms with van der Waals surface area (Å²) in [5.41, 5.74) is -0.0428. The average molecular weight is 316 g/mol. The Balaban J connectivity index is 1.77. The molecule has 0 aromatic carbocycles. The Hall–Kier alpha value is -0.420. The normalized spacial score (nSPS) is 36.7. The van der Waals surface area contributed by atoms with Crippen LogP contribution in [0.2, 0.25) is 0 Å². The zero-order valence-electron chi connectivity index (χ0n) is 13.5. The van der Waals surface area contributed by atoms with Crippen LogP contribution in [0.15, 0.2) is 0 Å². The second-order valence-corrected chi connectivity index (χ2v) is 7.95. The first-order valence-electron chi connectivity index (χ1n) is 8.06. The van der Waals surface area contributed by atoms with E-state index in [0.717, 1.165) is 18.6 Å². The first-order chi connectivity index (χ1) is 9.95. The molecule has 1 saturated heterocycles. The van der Waals surface area contributed by atoms with Gasteiger partial charge >= 0.3 is 6.16 Å². The van der Waals surface area contributed by atoms with Gasteiger partial charge in [0.05, 0.1) is 6.10 Å². The number of ether oxygens (including phenoxy) is 3. The molecule has 4 nitrogen and oxygen atoms in total. The van der Waals surface area contributed by atoms with E-state index in [2.05, 4.69) is 20.8 Å². The summed E-state index contributed by atoms with van der Waals surface area (Å²) < 4.78 is 16.4. The highest BCUT2D eigenvalue weighted by Gasteiger charge is 2.34. The van der Waals surface area contributed by atoms with Crippen LogP contribution in [0.4, 0.5) is 4.79 Å². The maximum atomic E-state index is 11.9. The summed E-state index contributed by atoms with van der Waals surface area (Å²) in [5, 5.41) is 0. The van der Waals surface area contributed by atoms with Crippen LogP contribution >= 0.6 is 11.8 Å². The molecular weight excluding hydrogens is 288 g/mol. The second kappa shape index (κ2) is 7.73. The summed E-state index contributed by atoms with van der Waals surface area (Å²) in [6.45, 7) is 8.94. The van der Waals surface area contributed by atoms with Gasteiger partial charge in [0.1, 0.15) is 18.1 Å². The molecule has 0 spiro atoms. The Labute approximate surface area is 132 Å². The van der Waals surface area contributed by atoms with Crippen molar-refractivity contribution in [2.75, 3.05) is 12.4 Å². The van der Waals surface area contributed by atoms with Gasteiger partial charge in [-0.3, -0.25) is 0 Å². The lowest BCUT2D eigenvalue weighted by Gasteiger charge is -2.36. The van der Waals surface area contributed by atoms with E-state index in [4.69, 9.17) is 14.2 Å². The predicted molar refractivity (Wildman–Crippen MR) is 84.4 cm³/mol. The minimum atomic E-state index is -0.538. The van der Waals surface area contributed by atoms with E-state index in [0.29, 0.717) is 17.8 Å². The van der Waals surface area contributed by atoms with E-state index in [-0.39, 0.29) is 24.3 Å². The minimum absolute atomic E-state index is 0.00248. The van der Waals surface area contributed by atoms with Gasteiger partial charge in [0, 0.05) is 5.75 Å². The van der Waals surface area contributed by atoms with E-state index in [9.17, 15) is 4.79 Å². The number of carbonyl (C=O) groups excluding carboxylic acids is 1. The quantitative estimate of drug-likeness (QED) is 0.731. The van der Waals surface area contributed by atoms with Crippen LogP contribution in [0.5, 0.6) is 0 Å². The molecule has 2 aliphatic rings. The molecule has 122 valence electrons. The van der Waals surface area contributed by atoms with Gasteiger partial charge in [-0.05, 0) is 37.5 Å². The van der Waals surface area contributed by atoms with Crippen molar-refractivity contribution >= 4 is 17.9 Å². The van der Waals surface area contributed by atoms with Crippen molar-refractivity contribution in [2.45, 2.75) is 64.6 Å². The molecule has 5 heteroatoms. The van der Waals surface area contributed by atoms with Crippen LogP contribution in [0, 0.1) is 17.8 Å². The molecule has 1 heterocycles. The maximum Gasteiger partial charge on any atom is 0.508 e. The number of thioether (sulfide) groups is 1. The standard InChI is InChI=1S/C16H28O4S/c1-10(2)13-6-5-11(3)7-14(13)20-16(17)18-8-15-19-12(4)9-21-15/h10-15H,5-9H2,1-4H3/t11?,12?,13-,14?,15+/m0/s1. The molecule has 2 fully saturated rings. The van der Waals surface area contributed by atoms with Gasteiger partial charge in [-0.15, -0.1) is 11.8 Å². The Morgan fingerprint density at radius 2 is 2.10 bits per heavy atom. The van der Waals surface area contributed by atoms with Gasteiger partial charge in [0.2, 0.25) is 0 Å². The fraction of sp³-hybridized carbons (Fsp3) is 0.938. The minimum Gasteiger partial charge on any atom is -0.431 e. The Kier molecular flexibility index (Phi) is 6.23. The predicted octanol–water partition coefficient (Wildman–Crippen LogP) is 4.08. The molecule has 21 heavy (non-hydrogen) atoms. The third-order valence-corrected chi connectivity index (χ3v) is 5.73. The molecule has 5 atom stereocenters. The van der Waals surface area contributed by atoms with Crippen LogP contribution in [-0.2, 0) is 14.2 Å². The van der Waals surface area contributed by atoms with Crippen LogP contribution < -0.4 is 0 Å². The fourth-order valence-electron chi connectivity index (χ4n) is 3.21. The number of hydrogen-bond donors (Lipinski definition) is 0. The van der Waals surface area contributed by atoms with E-state index >= 15 is 0 Å². The monoisotopic (exact) mass is 316 g/mol. The Morgan fingerprint density at radius 1 is 1.33 bits per heavy atom. The molecule has 0 bridgehead atoms. The zero-order chi connectivity index (χ0) is 15.4.